The minimum Gasteiger partial charge on any atom is -0.305 e. The molecule has 0 unspecified atom stereocenters. The van der Waals surface area contributed by atoms with Gasteiger partial charge in [0.25, 0.3) is 0 Å². The van der Waals surface area contributed by atoms with E-state index in [1.807, 2.05) is 0 Å². The highest BCUT2D eigenvalue weighted by Gasteiger charge is 2.60. The summed E-state index contributed by atoms with van der Waals surface area (Å²) in [6.07, 6.45) is 0. The molecule has 1 aromatic carbocycles. The van der Waals surface area contributed by atoms with Gasteiger partial charge in [0.1, 0.15) is 5.92 Å². The summed E-state index contributed by atoms with van der Waals surface area (Å²) in [5.74, 6) is -1.97. The van der Waals surface area contributed by atoms with E-state index in [4.69, 9.17) is 11.6 Å². The summed E-state index contributed by atoms with van der Waals surface area (Å²) >= 11 is 5.70. The molecule has 1 atom stereocenters. The Morgan fingerprint density at radius 1 is 1.26 bits per heavy atom. The summed E-state index contributed by atoms with van der Waals surface area (Å²) in [6.45, 7) is 1.08. The Morgan fingerprint density at radius 2 is 1.74 bits per heavy atom. The maximum Gasteiger partial charge on any atom is 0.400 e. The third-order valence-electron chi connectivity index (χ3n) is 2.99. The van der Waals surface area contributed by atoms with Crippen molar-refractivity contribution in [2.75, 3.05) is 19.8 Å². The largest absolute Gasteiger partial charge is 0.400 e. The molecule has 0 heterocycles. The van der Waals surface area contributed by atoms with Crippen LogP contribution in [0.3, 0.4) is 0 Å². The van der Waals surface area contributed by atoms with Gasteiger partial charge in [0.2, 0.25) is 6.54 Å². The molecular weight excluding hydrogens is 355 g/mol. The third kappa shape index (κ3) is 4.70. The monoisotopic (exact) mass is 371 g/mol. The number of hydrogen-bond acceptors (Lipinski definition) is 5. The van der Waals surface area contributed by atoms with E-state index in [0.29, 0.717) is 0 Å². The highest BCUT2D eigenvalue weighted by Crippen LogP contribution is 2.66. The molecule has 0 aliphatic carbocycles. The van der Waals surface area contributed by atoms with Crippen molar-refractivity contribution < 1.29 is 27.3 Å². The van der Waals surface area contributed by atoms with E-state index in [1.165, 1.54) is 38.1 Å². The molecule has 1 rings (SSSR count). The minimum absolute atomic E-state index is 0.0734. The molecule has 0 bridgehead atoms. The molecule has 0 aliphatic heterocycles. The van der Waals surface area contributed by atoms with Crippen LogP contribution in [-0.2, 0) is 13.6 Å². The topological polar surface area (TPSA) is 78.7 Å². The second-order valence-electron chi connectivity index (χ2n) is 4.54. The molecule has 0 radical (unpaired) electrons. The number of nitrogens with zero attached hydrogens (tertiary/aromatic N) is 1. The average Bonchev–Trinajstić information content (AvgIpc) is 2.46. The molecule has 23 heavy (non-hydrogen) atoms. The van der Waals surface area contributed by atoms with E-state index in [0.717, 1.165) is 0 Å². The van der Waals surface area contributed by atoms with Crippen LogP contribution in [0.15, 0.2) is 24.3 Å². The zero-order valence-corrected chi connectivity index (χ0v) is 14.2. The Balaban J connectivity index is 3.34. The lowest BCUT2D eigenvalue weighted by Gasteiger charge is -2.30. The first-order valence-corrected chi connectivity index (χ1v) is 8.74. The lowest BCUT2D eigenvalue weighted by atomic mass is 9.99. The van der Waals surface area contributed by atoms with Crippen molar-refractivity contribution >= 4 is 19.2 Å². The molecule has 130 valence electrons. The van der Waals surface area contributed by atoms with Crippen LogP contribution in [0.25, 0.3) is 0 Å². The number of alkyl halides is 2. The van der Waals surface area contributed by atoms with Crippen molar-refractivity contribution in [1.82, 2.24) is 0 Å². The highest BCUT2D eigenvalue weighted by molar-refractivity contribution is 7.55. The van der Waals surface area contributed by atoms with Gasteiger partial charge >= 0.3 is 13.3 Å². The third-order valence-corrected chi connectivity index (χ3v) is 5.48. The molecule has 0 amide bonds. The summed E-state index contributed by atoms with van der Waals surface area (Å²) < 4.78 is 51.4. The summed E-state index contributed by atoms with van der Waals surface area (Å²) in [7, 11) is -4.88. The van der Waals surface area contributed by atoms with Crippen LogP contribution >= 0.6 is 19.2 Å². The minimum atomic E-state index is -4.88. The van der Waals surface area contributed by atoms with Gasteiger partial charge in [-0.25, -0.2) is 0 Å². The molecule has 0 saturated heterocycles. The normalized spacial score (nSPS) is 13.8. The number of benzene rings is 1. The fraction of sp³-hybridized carbons (Fsp3) is 0.538. The fourth-order valence-corrected chi connectivity index (χ4v) is 3.84. The van der Waals surface area contributed by atoms with Gasteiger partial charge in [-0.3, -0.25) is 14.7 Å². The fourth-order valence-electron chi connectivity index (χ4n) is 2.00. The van der Waals surface area contributed by atoms with Crippen LogP contribution in [0.5, 0.6) is 0 Å². The van der Waals surface area contributed by atoms with Gasteiger partial charge in [0.15, 0.2) is 0 Å². The molecule has 6 nitrogen and oxygen atoms in total. The molecule has 0 aromatic heterocycles. The highest BCUT2D eigenvalue weighted by atomic mass is 35.5. The van der Waals surface area contributed by atoms with Crippen LogP contribution in [0.4, 0.5) is 8.78 Å². The second kappa shape index (κ2) is 8.15. The first-order chi connectivity index (χ1) is 10.7. The molecular formula is C13H17ClF2NO5P. The van der Waals surface area contributed by atoms with Crippen molar-refractivity contribution in [2.24, 2.45) is 0 Å². The van der Waals surface area contributed by atoms with Crippen molar-refractivity contribution in [1.29, 1.82) is 0 Å². The van der Waals surface area contributed by atoms with Crippen molar-refractivity contribution in [3.05, 3.63) is 45.0 Å². The predicted molar refractivity (Wildman–Crippen MR) is 81.9 cm³/mol. The quantitative estimate of drug-likeness (QED) is 0.361. The second-order valence-corrected chi connectivity index (χ2v) is 7.08. The molecule has 0 spiro atoms. The zero-order chi connectivity index (χ0) is 17.7. The lowest BCUT2D eigenvalue weighted by molar-refractivity contribution is -0.487. The molecule has 0 saturated carbocycles. The molecule has 1 aromatic rings. The van der Waals surface area contributed by atoms with Crippen LogP contribution in [-0.4, -0.2) is 30.3 Å². The van der Waals surface area contributed by atoms with E-state index in [2.05, 4.69) is 9.05 Å². The van der Waals surface area contributed by atoms with Gasteiger partial charge in [-0.2, -0.15) is 8.78 Å². The summed E-state index contributed by atoms with van der Waals surface area (Å²) in [5.41, 5.74) is -4.14. The van der Waals surface area contributed by atoms with Crippen LogP contribution in [0.2, 0.25) is 5.02 Å². The number of hydrogen-bond donors (Lipinski definition) is 0. The Hall–Kier alpha value is -1.08. The van der Waals surface area contributed by atoms with Crippen molar-refractivity contribution in [3.8, 4) is 0 Å². The summed E-state index contributed by atoms with van der Waals surface area (Å²) in [6, 6.07) is 5.11. The molecule has 10 heteroatoms. The molecule has 0 aliphatic rings. The first-order valence-electron chi connectivity index (χ1n) is 6.82. The maximum atomic E-state index is 14.8. The van der Waals surface area contributed by atoms with E-state index < -0.39 is 30.6 Å². The average molecular weight is 372 g/mol. The van der Waals surface area contributed by atoms with Gasteiger partial charge in [-0.1, -0.05) is 23.7 Å². The SMILES string of the molecule is CCOP(=O)(OCC)C(F)(F)[C@@H](C[N+](=O)[O-])c1ccc(Cl)cc1. The molecule has 0 N–H and O–H groups in total. The summed E-state index contributed by atoms with van der Waals surface area (Å²) in [5, 5.41) is 11.1. The maximum absolute atomic E-state index is 14.8. The Kier molecular flexibility index (Phi) is 7.07. The van der Waals surface area contributed by atoms with Crippen LogP contribution in [0, 0.1) is 10.1 Å². The Morgan fingerprint density at radius 3 is 2.13 bits per heavy atom. The standard InChI is InChI=1S/C13H17ClF2NO5P/c1-3-21-23(20,22-4-2)13(15,16)12(9-17(18)19)10-5-7-11(14)8-6-10/h5-8,12H,3-4,9H2,1-2H3/t12-/m0/s1. The first kappa shape index (κ1) is 20.0. The van der Waals surface area contributed by atoms with Gasteiger partial charge < -0.3 is 9.05 Å². The molecule has 0 fully saturated rings. The smallest absolute Gasteiger partial charge is 0.305 e. The lowest BCUT2D eigenvalue weighted by Crippen LogP contribution is -2.33. The van der Waals surface area contributed by atoms with Gasteiger partial charge in [0.05, 0.1) is 13.2 Å². The number of halogens is 3. The zero-order valence-electron chi connectivity index (χ0n) is 12.6. The summed E-state index contributed by atoms with van der Waals surface area (Å²) in [4.78, 5) is 9.92. The van der Waals surface area contributed by atoms with E-state index in [9.17, 15) is 23.5 Å². The number of nitro groups is 1. The van der Waals surface area contributed by atoms with Crippen LogP contribution in [0.1, 0.15) is 25.3 Å². The number of rotatable bonds is 9. The van der Waals surface area contributed by atoms with Crippen molar-refractivity contribution in [3.63, 3.8) is 0 Å². The Bertz CT molecular complexity index is 574. The van der Waals surface area contributed by atoms with E-state index in [1.54, 1.807) is 0 Å². The van der Waals surface area contributed by atoms with E-state index in [-0.39, 0.29) is 23.8 Å². The van der Waals surface area contributed by atoms with Crippen LogP contribution < -0.4 is 0 Å². The van der Waals surface area contributed by atoms with Gasteiger partial charge in [-0.05, 0) is 31.5 Å². The van der Waals surface area contributed by atoms with E-state index >= 15 is 0 Å². The van der Waals surface area contributed by atoms with Gasteiger partial charge in [-0.15, -0.1) is 0 Å². The van der Waals surface area contributed by atoms with Crippen molar-refractivity contribution in [2.45, 2.75) is 25.4 Å². The van der Waals surface area contributed by atoms with Gasteiger partial charge in [0, 0.05) is 9.95 Å². The predicted octanol–water partition coefficient (Wildman–Crippen LogP) is 4.56. The Labute approximate surface area is 137 Å².